The molecule has 2 aromatic rings. The summed E-state index contributed by atoms with van der Waals surface area (Å²) in [6.07, 6.45) is 0. The van der Waals surface area contributed by atoms with Crippen LogP contribution in [0.2, 0.25) is 0 Å². The third-order valence-electron chi connectivity index (χ3n) is 3.65. The lowest BCUT2D eigenvalue weighted by Crippen LogP contribution is -2.25. The Morgan fingerprint density at radius 1 is 1.00 bits per heavy atom. The molecule has 4 nitrogen and oxygen atoms in total. The van der Waals surface area contributed by atoms with Crippen LogP contribution in [0, 0.1) is 20.8 Å². The first-order valence-electron chi connectivity index (χ1n) is 7.04. The fraction of sp³-hybridized carbons (Fsp3) is 0.294. The van der Waals surface area contributed by atoms with Gasteiger partial charge in [0.05, 0.1) is 12.0 Å². The average molecular weight is 319 g/mol. The van der Waals surface area contributed by atoms with E-state index in [-0.39, 0.29) is 6.54 Å². The number of methoxy groups -OCH3 is 1. The molecule has 5 heteroatoms. The van der Waals surface area contributed by atoms with Crippen LogP contribution < -0.4 is 9.46 Å². The summed E-state index contributed by atoms with van der Waals surface area (Å²) in [5.74, 6) is 0.660. The van der Waals surface area contributed by atoms with Crippen LogP contribution >= 0.6 is 0 Å². The predicted octanol–water partition coefficient (Wildman–Crippen LogP) is 3.10. The predicted molar refractivity (Wildman–Crippen MR) is 87.7 cm³/mol. The van der Waals surface area contributed by atoms with Crippen LogP contribution in [0.4, 0.5) is 0 Å². The second-order valence-electron chi connectivity index (χ2n) is 5.34. The van der Waals surface area contributed by atoms with E-state index in [1.165, 1.54) is 0 Å². The molecule has 0 aliphatic carbocycles. The molecule has 1 N–H and O–H groups in total. The lowest BCUT2D eigenvalue weighted by molar-refractivity contribution is 0.413. The molecule has 0 amide bonds. The van der Waals surface area contributed by atoms with Gasteiger partial charge in [-0.05, 0) is 55.2 Å². The number of rotatable bonds is 5. The molecule has 0 atom stereocenters. The van der Waals surface area contributed by atoms with Gasteiger partial charge in [0.15, 0.2) is 0 Å². The number of hydrogen-bond acceptors (Lipinski definition) is 3. The highest BCUT2D eigenvalue weighted by molar-refractivity contribution is 7.89. The molecule has 0 aliphatic rings. The smallest absolute Gasteiger partial charge is 0.241 e. The van der Waals surface area contributed by atoms with Crippen molar-refractivity contribution in [1.29, 1.82) is 0 Å². The summed E-state index contributed by atoms with van der Waals surface area (Å²) in [6, 6.07) is 11.2. The summed E-state index contributed by atoms with van der Waals surface area (Å²) in [6.45, 7) is 5.79. The van der Waals surface area contributed by atoms with E-state index in [4.69, 9.17) is 4.74 Å². The van der Waals surface area contributed by atoms with E-state index in [9.17, 15) is 8.42 Å². The lowest BCUT2D eigenvalue weighted by atomic mass is 10.1. The van der Waals surface area contributed by atoms with E-state index in [0.29, 0.717) is 21.8 Å². The van der Waals surface area contributed by atoms with Gasteiger partial charge in [-0.25, -0.2) is 13.1 Å². The number of hydrogen-bond donors (Lipinski definition) is 1. The van der Waals surface area contributed by atoms with Gasteiger partial charge in [0.1, 0.15) is 5.75 Å². The molecule has 0 aromatic heterocycles. The van der Waals surface area contributed by atoms with Crippen molar-refractivity contribution in [1.82, 2.24) is 4.72 Å². The first-order valence-corrected chi connectivity index (χ1v) is 8.53. The Morgan fingerprint density at radius 3 is 2.14 bits per heavy atom. The summed E-state index contributed by atoms with van der Waals surface area (Å²) < 4.78 is 33.1. The van der Waals surface area contributed by atoms with E-state index >= 15 is 0 Å². The normalized spacial score (nSPS) is 11.5. The Kier molecular flexibility index (Phi) is 4.88. The molecule has 0 radical (unpaired) electrons. The average Bonchev–Trinajstić information content (AvgIpc) is 2.45. The minimum Gasteiger partial charge on any atom is -0.497 e. The van der Waals surface area contributed by atoms with Crippen molar-refractivity contribution in [3.05, 3.63) is 58.7 Å². The van der Waals surface area contributed by atoms with Crippen molar-refractivity contribution in [3.63, 3.8) is 0 Å². The van der Waals surface area contributed by atoms with Crippen molar-refractivity contribution in [2.45, 2.75) is 32.2 Å². The minimum atomic E-state index is -3.57. The van der Waals surface area contributed by atoms with Crippen LogP contribution in [0.5, 0.6) is 5.75 Å². The third kappa shape index (κ3) is 3.48. The molecule has 118 valence electrons. The zero-order chi connectivity index (χ0) is 16.3. The van der Waals surface area contributed by atoms with Crippen LogP contribution in [0.3, 0.4) is 0 Å². The van der Waals surface area contributed by atoms with Crippen molar-refractivity contribution in [3.8, 4) is 5.75 Å². The monoisotopic (exact) mass is 319 g/mol. The zero-order valence-electron chi connectivity index (χ0n) is 13.3. The number of benzene rings is 2. The second-order valence-corrected chi connectivity index (χ2v) is 7.05. The maximum absolute atomic E-state index is 12.6. The highest BCUT2D eigenvalue weighted by Crippen LogP contribution is 2.25. The molecule has 0 bridgehead atoms. The van der Waals surface area contributed by atoms with Gasteiger partial charge in [0, 0.05) is 6.54 Å². The molecule has 2 rings (SSSR count). The van der Waals surface area contributed by atoms with Crippen molar-refractivity contribution < 1.29 is 13.2 Å². The van der Waals surface area contributed by atoms with Gasteiger partial charge in [-0.3, -0.25) is 0 Å². The fourth-order valence-electron chi connectivity index (χ4n) is 2.51. The van der Waals surface area contributed by atoms with Gasteiger partial charge >= 0.3 is 0 Å². The van der Waals surface area contributed by atoms with Gasteiger partial charge in [-0.1, -0.05) is 24.3 Å². The molecular formula is C17H21NO3S. The maximum atomic E-state index is 12.6. The molecule has 0 saturated carbocycles. The van der Waals surface area contributed by atoms with E-state index in [0.717, 1.165) is 11.1 Å². The topological polar surface area (TPSA) is 55.4 Å². The van der Waals surface area contributed by atoms with Crippen LogP contribution in [0.15, 0.2) is 41.3 Å². The summed E-state index contributed by atoms with van der Waals surface area (Å²) in [5, 5.41) is 0. The minimum absolute atomic E-state index is 0.278. The summed E-state index contributed by atoms with van der Waals surface area (Å²) in [7, 11) is -2.00. The lowest BCUT2D eigenvalue weighted by Gasteiger charge is -2.14. The molecular weight excluding hydrogens is 298 g/mol. The molecule has 0 unspecified atom stereocenters. The van der Waals surface area contributed by atoms with E-state index < -0.39 is 10.0 Å². The first kappa shape index (κ1) is 16.5. The van der Waals surface area contributed by atoms with Gasteiger partial charge in [-0.15, -0.1) is 0 Å². The van der Waals surface area contributed by atoms with Gasteiger partial charge in [-0.2, -0.15) is 0 Å². The number of sulfonamides is 1. The van der Waals surface area contributed by atoms with Crippen molar-refractivity contribution >= 4 is 10.0 Å². The van der Waals surface area contributed by atoms with Crippen LogP contribution in [0.25, 0.3) is 0 Å². The number of aryl methyl sites for hydroxylation is 3. The molecule has 0 saturated heterocycles. The Balaban J connectivity index is 2.30. The molecule has 22 heavy (non-hydrogen) atoms. The molecule has 0 heterocycles. The van der Waals surface area contributed by atoms with Crippen molar-refractivity contribution in [2.24, 2.45) is 0 Å². The fourth-order valence-corrected chi connectivity index (χ4v) is 3.96. The second kappa shape index (κ2) is 6.50. The Bertz CT molecular complexity index is 759. The maximum Gasteiger partial charge on any atom is 0.241 e. The highest BCUT2D eigenvalue weighted by atomic mass is 32.2. The van der Waals surface area contributed by atoms with Crippen molar-refractivity contribution in [2.75, 3.05) is 7.11 Å². The number of nitrogens with one attached hydrogen (secondary N) is 1. The largest absolute Gasteiger partial charge is 0.497 e. The van der Waals surface area contributed by atoms with E-state index in [2.05, 4.69) is 4.72 Å². The van der Waals surface area contributed by atoms with Crippen LogP contribution in [-0.2, 0) is 16.6 Å². The SMILES string of the molecule is COc1cc(C)c(S(=O)(=O)NCc2ccccc2C)c(C)c1. The van der Waals surface area contributed by atoms with E-state index in [1.807, 2.05) is 31.2 Å². The summed E-state index contributed by atoms with van der Waals surface area (Å²) in [4.78, 5) is 0.321. The highest BCUT2D eigenvalue weighted by Gasteiger charge is 2.20. The Morgan fingerprint density at radius 2 is 1.59 bits per heavy atom. The molecule has 0 aliphatic heterocycles. The number of ether oxygens (including phenoxy) is 1. The Labute approximate surface area is 132 Å². The summed E-state index contributed by atoms with van der Waals surface area (Å²) >= 11 is 0. The standard InChI is InChI=1S/C17H21NO3S/c1-12-7-5-6-8-15(12)11-18-22(19,20)17-13(2)9-16(21-4)10-14(17)3/h5-10,18H,11H2,1-4H3. The van der Waals surface area contributed by atoms with Gasteiger partial charge in [0.2, 0.25) is 10.0 Å². The third-order valence-corrected chi connectivity index (χ3v) is 5.36. The quantitative estimate of drug-likeness (QED) is 0.921. The van der Waals surface area contributed by atoms with Gasteiger partial charge < -0.3 is 4.74 Å². The zero-order valence-corrected chi connectivity index (χ0v) is 14.1. The van der Waals surface area contributed by atoms with Crippen LogP contribution in [0.1, 0.15) is 22.3 Å². The van der Waals surface area contributed by atoms with Crippen LogP contribution in [-0.4, -0.2) is 15.5 Å². The molecule has 0 fully saturated rings. The molecule has 0 spiro atoms. The van der Waals surface area contributed by atoms with Gasteiger partial charge in [0.25, 0.3) is 0 Å². The molecule has 2 aromatic carbocycles. The summed E-state index contributed by atoms with van der Waals surface area (Å²) in [5.41, 5.74) is 3.38. The first-order chi connectivity index (χ1) is 10.3. The Hall–Kier alpha value is -1.85. The van der Waals surface area contributed by atoms with E-state index in [1.54, 1.807) is 33.1 Å².